The maximum atomic E-state index is 13.1. The molecule has 1 aliphatic rings. The number of carboxylic acid groups (broad SMARTS) is 1. The molecule has 3 rings (SSSR count). The van der Waals surface area contributed by atoms with Gasteiger partial charge < -0.3 is 9.84 Å². The van der Waals surface area contributed by atoms with Crippen molar-refractivity contribution in [3.8, 4) is 5.75 Å². The number of thiazole rings is 1. The van der Waals surface area contributed by atoms with Crippen LogP contribution in [0.1, 0.15) is 56.2 Å². The fourth-order valence-corrected chi connectivity index (χ4v) is 5.20. The number of hydrogen-bond donors (Lipinski definition) is 1. The summed E-state index contributed by atoms with van der Waals surface area (Å²) in [4.78, 5) is 15.1. The van der Waals surface area contributed by atoms with E-state index in [4.69, 9.17) is 9.84 Å². The summed E-state index contributed by atoms with van der Waals surface area (Å²) in [7, 11) is 0. The molecule has 1 aliphatic carbocycles. The Morgan fingerprint density at radius 2 is 1.94 bits per heavy atom. The topological polar surface area (TPSA) is 59.4 Å². The monoisotopic (exact) mass is 461 g/mol. The quantitative estimate of drug-likeness (QED) is 0.259. The van der Waals surface area contributed by atoms with Gasteiger partial charge in [-0.1, -0.05) is 42.8 Å². The molecule has 0 saturated carbocycles. The van der Waals surface area contributed by atoms with Crippen LogP contribution < -0.4 is 4.74 Å². The van der Waals surface area contributed by atoms with Crippen LogP contribution in [0.2, 0.25) is 0 Å². The Morgan fingerprint density at radius 1 is 1.13 bits per heavy atom. The number of rotatable bonds is 13. The lowest BCUT2D eigenvalue weighted by Crippen LogP contribution is -2.01. The van der Waals surface area contributed by atoms with Crippen LogP contribution in [0.5, 0.6) is 5.75 Å². The second kappa shape index (κ2) is 12.7. The summed E-state index contributed by atoms with van der Waals surface area (Å²) in [6.45, 7) is 0.577. The van der Waals surface area contributed by atoms with E-state index in [-0.39, 0.29) is 12.2 Å². The summed E-state index contributed by atoms with van der Waals surface area (Å²) in [5, 5.41) is 10.7. The molecule has 0 atom stereocenters. The first kappa shape index (κ1) is 23.5. The summed E-state index contributed by atoms with van der Waals surface area (Å²) in [5.41, 5.74) is 3.31. The largest absolute Gasteiger partial charge is 0.493 e. The van der Waals surface area contributed by atoms with E-state index in [1.54, 1.807) is 29.2 Å². The minimum Gasteiger partial charge on any atom is -0.493 e. The fraction of sp³-hybridized carbons (Fsp3) is 0.417. The first-order valence-corrected chi connectivity index (χ1v) is 12.5. The van der Waals surface area contributed by atoms with Crippen molar-refractivity contribution in [1.29, 1.82) is 0 Å². The van der Waals surface area contributed by atoms with Gasteiger partial charge in [0, 0.05) is 30.4 Å². The number of thioether (sulfide) groups is 1. The highest BCUT2D eigenvalue weighted by atomic mass is 32.2. The third-order valence-electron chi connectivity index (χ3n) is 4.99. The first-order chi connectivity index (χ1) is 15.1. The Labute approximate surface area is 191 Å². The van der Waals surface area contributed by atoms with Crippen molar-refractivity contribution >= 4 is 34.6 Å². The van der Waals surface area contributed by atoms with Gasteiger partial charge in [0.25, 0.3) is 0 Å². The number of halogens is 1. The Bertz CT molecular complexity index is 906. The molecule has 0 bridgehead atoms. The molecule has 1 N–H and O–H groups in total. The number of aliphatic carboxylic acids is 1. The molecular weight excluding hydrogens is 433 g/mol. The first-order valence-electron chi connectivity index (χ1n) is 10.7. The molecule has 0 unspecified atom stereocenters. The summed E-state index contributed by atoms with van der Waals surface area (Å²) in [5.74, 6) is 1.08. The molecule has 7 heteroatoms. The maximum Gasteiger partial charge on any atom is 0.303 e. The summed E-state index contributed by atoms with van der Waals surface area (Å²) >= 11 is 3.43. The van der Waals surface area contributed by atoms with Crippen molar-refractivity contribution in [1.82, 2.24) is 4.98 Å². The van der Waals surface area contributed by atoms with Gasteiger partial charge in [0.2, 0.25) is 0 Å². The van der Waals surface area contributed by atoms with Gasteiger partial charge in [-0.25, -0.2) is 9.37 Å². The van der Waals surface area contributed by atoms with Gasteiger partial charge in [-0.05, 0) is 48.6 Å². The van der Waals surface area contributed by atoms with E-state index in [9.17, 15) is 9.18 Å². The Hall–Kier alpha value is -2.12. The highest BCUT2D eigenvalue weighted by molar-refractivity contribution is 8.00. The lowest BCUT2D eigenvalue weighted by Gasteiger charge is -2.11. The molecule has 0 radical (unpaired) electrons. The number of carbonyl (C=O) groups is 1. The zero-order valence-corrected chi connectivity index (χ0v) is 19.2. The SMILES string of the molecule is O=C(O)CCCCCCSc1nc(CCOc2ccc(C3=CC=C(F)CC3)cc2)cs1. The number of nitrogens with zero attached hydrogens (tertiary/aromatic N) is 1. The molecule has 0 aliphatic heterocycles. The van der Waals surface area contributed by atoms with E-state index in [0.717, 1.165) is 71.2 Å². The number of aromatic nitrogens is 1. The molecule has 0 fully saturated rings. The van der Waals surface area contributed by atoms with Crippen LogP contribution >= 0.6 is 23.1 Å². The highest BCUT2D eigenvalue weighted by Gasteiger charge is 2.08. The minimum atomic E-state index is -0.710. The van der Waals surface area contributed by atoms with Crippen LogP contribution in [-0.2, 0) is 11.2 Å². The van der Waals surface area contributed by atoms with E-state index in [2.05, 4.69) is 10.4 Å². The van der Waals surface area contributed by atoms with Gasteiger partial charge in [-0.15, -0.1) is 11.3 Å². The number of unbranched alkanes of at least 4 members (excludes halogenated alkanes) is 3. The van der Waals surface area contributed by atoms with Crippen molar-refractivity contribution in [3.05, 3.63) is 58.9 Å². The maximum absolute atomic E-state index is 13.1. The van der Waals surface area contributed by atoms with E-state index in [0.29, 0.717) is 13.0 Å². The Kier molecular flexibility index (Phi) is 9.62. The second-order valence-electron chi connectivity index (χ2n) is 7.44. The van der Waals surface area contributed by atoms with Crippen LogP contribution in [0.3, 0.4) is 0 Å². The number of allylic oxidation sites excluding steroid dienone is 4. The lowest BCUT2D eigenvalue weighted by molar-refractivity contribution is -0.137. The lowest BCUT2D eigenvalue weighted by atomic mass is 9.97. The average molecular weight is 462 g/mol. The second-order valence-corrected chi connectivity index (χ2v) is 9.64. The molecule has 1 aromatic heterocycles. The highest BCUT2D eigenvalue weighted by Crippen LogP contribution is 2.28. The average Bonchev–Trinajstić information content (AvgIpc) is 3.21. The summed E-state index contributed by atoms with van der Waals surface area (Å²) in [6.07, 6.45) is 9.53. The predicted octanol–water partition coefficient (Wildman–Crippen LogP) is 6.92. The molecule has 0 saturated heterocycles. The van der Waals surface area contributed by atoms with Gasteiger partial charge in [-0.2, -0.15) is 0 Å². The van der Waals surface area contributed by atoms with Crippen molar-refractivity contribution in [2.24, 2.45) is 0 Å². The molecular formula is C24H28FNO3S2. The smallest absolute Gasteiger partial charge is 0.303 e. The predicted molar refractivity (Wildman–Crippen MR) is 126 cm³/mol. The number of carboxylic acids is 1. The molecule has 2 aromatic rings. The number of hydrogen-bond acceptors (Lipinski definition) is 5. The van der Waals surface area contributed by atoms with E-state index >= 15 is 0 Å². The van der Waals surface area contributed by atoms with Gasteiger partial charge in [0.05, 0.1) is 12.3 Å². The van der Waals surface area contributed by atoms with Crippen LogP contribution in [0, 0.1) is 0 Å². The Balaban J connectivity index is 1.32. The summed E-state index contributed by atoms with van der Waals surface area (Å²) in [6, 6.07) is 7.97. The molecule has 0 amide bonds. The minimum absolute atomic E-state index is 0.0553. The number of ether oxygens (including phenoxy) is 1. The standard InChI is InChI=1S/C24H28FNO3S2/c25-20-10-6-18(7-11-20)19-8-12-22(13-9-19)29-15-14-21-17-31-24(26-21)30-16-4-2-1-3-5-23(27)28/h6,8-10,12-13,17H,1-5,7,11,14-16H2,(H,27,28). The third kappa shape index (κ3) is 8.50. The molecule has 0 spiro atoms. The van der Waals surface area contributed by atoms with E-state index < -0.39 is 5.97 Å². The van der Waals surface area contributed by atoms with E-state index in [1.807, 2.05) is 30.3 Å². The van der Waals surface area contributed by atoms with Gasteiger partial charge >= 0.3 is 5.97 Å². The van der Waals surface area contributed by atoms with Crippen molar-refractivity contribution in [2.45, 2.75) is 55.7 Å². The van der Waals surface area contributed by atoms with Crippen LogP contribution in [-0.4, -0.2) is 28.4 Å². The van der Waals surface area contributed by atoms with Crippen molar-refractivity contribution in [3.63, 3.8) is 0 Å². The van der Waals surface area contributed by atoms with Crippen molar-refractivity contribution < 1.29 is 19.0 Å². The third-order valence-corrected chi connectivity index (χ3v) is 7.15. The van der Waals surface area contributed by atoms with Crippen LogP contribution in [0.15, 0.2) is 52.0 Å². The molecule has 166 valence electrons. The van der Waals surface area contributed by atoms with Crippen LogP contribution in [0.25, 0.3) is 5.57 Å². The number of benzene rings is 1. The fourth-order valence-electron chi connectivity index (χ4n) is 3.25. The summed E-state index contributed by atoms with van der Waals surface area (Å²) < 4.78 is 20.1. The van der Waals surface area contributed by atoms with Gasteiger partial charge in [-0.3, -0.25) is 4.79 Å². The van der Waals surface area contributed by atoms with Gasteiger partial charge in [0.1, 0.15) is 15.9 Å². The zero-order valence-electron chi connectivity index (χ0n) is 17.5. The van der Waals surface area contributed by atoms with Crippen LogP contribution in [0.4, 0.5) is 4.39 Å². The Morgan fingerprint density at radius 3 is 2.68 bits per heavy atom. The molecule has 1 heterocycles. The molecule has 31 heavy (non-hydrogen) atoms. The zero-order chi connectivity index (χ0) is 21.9. The molecule has 1 aromatic carbocycles. The van der Waals surface area contributed by atoms with E-state index in [1.165, 1.54) is 0 Å². The van der Waals surface area contributed by atoms with Gasteiger partial charge in [0.15, 0.2) is 0 Å². The van der Waals surface area contributed by atoms with Crippen molar-refractivity contribution in [2.75, 3.05) is 12.4 Å². The normalized spacial score (nSPS) is 13.6. The molecule has 4 nitrogen and oxygen atoms in total.